The minimum Gasteiger partial charge on any atom is -0.468 e. The average molecular weight is 287 g/mol. The molecule has 1 saturated carbocycles. The van der Waals surface area contributed by atoms with Crippen LogP contribution in [0.5, 0.6) is 0 Å². The lowest BCUT2D eigenvalue weighted by Crippen LogP contribution is -2.51. The zero-order valence-corrected chi connectivity index (χ0v) is 13.2. The number of ether oxygens (including phenoxy) is 3. The number of unbranched alkanes of at least 4 members (excludes halogenated alkanes) is 1. The van der Waals surface area contributed by atoms with E-state index in [4.69, 9.17) is 14.2 Å². The molecule has 0 aromatic heterocycles. The van der Waals surface area contributed by atoms with Crippen LogP contribution in [0.25, 0.3) is 0 Å². The van der Waals surface area contributed by atoms with Gasteiger partial charge in [-0.25, -0.2) is 0 Å². The predicted molar refractivity (Wildman–Crippen MR) is 77.7 cm³/mol. The molecule has 1 N–H and O–H groups in total. The molecular formula is C15H29NO4. The lowest BCUT2D eigenvalue weighted by Gasteiger charge is -2.28. The molecule has 0 heterocycles. The molecule has 20 heavy (non-hydrogen) atoms. The van der Waals surface area contributed by atoms with Crippen LogP contribution in [-0.2, 0) is 19.0 Å². The summed E-state index contributed by atoms with van der Waals surface area (Å²) >= 11 is 0. The van der Waals surface area contributed by atoms with E-state index in [0.717, 1.165) is 32.1 Å². The van der Waals surface area contributed by atoms with Gasteiger partial charge in [0.15, 0.2) is 0 Å². The van der Waals surface area contributed by atoms with E-state index < -0.39 is 5.54 Å². The number of carbonyl (C=O) groups is 1. The maximum Gasteiger partial charge on any atom is 0.325 e. The van der Waals surface area contributed by atoms with Gasteiger partial charge in [-0.1, -0.05) is 0 Å². The molecule has 1 aliphatic carbocycles. The molecule has 0 aromatic rings. The summed E-state index contributed by atoms with van der Waals surface area (Å²) in [6.07, 6.45) is 5.08. The van der Waals surface area contributed by atoms with E-state index in [9.17, 15) is 4.79 Å². The Morgan fingerprint density at radius 3 is 2.60 bits per heavy atom. The second kappa shape index (κ2) is 8.60. The van der Waals surface area contributed by atoms with Crippen molar-refractivity contribution in [3.63, 3.8) is 0 Å². The van der Waals surface area contributed by atoms with Crippen LogP contribution in [0.4, 0.5) is 0 Å². The van der Waals surface area contributed by atoms with Crippen LogP contribution in [-0.4, -0.2) is 51.1 Å². The Morgan fingerprint density at radius 2 is 2.05 bits per heavy atom. The molecule has 2 unspecified atom stereocenters. The predicted octanol–water partition coefficient (Wildman–Crippen LogP) is 1.89. The number of hydrogen-bond acceptors (Lipinski definition) is 5. The smallest absolute Gasteiger partial charge is 0.325 e. The Balaban J connectivity index is 2.23. The van der Waals surface area contributed by atoms with Crippen LogP contribution < -0.4 is 5.32 Å². The van der Waals surface area contributed by atoms with E-state index in [1.165, 1.54) is 7.11 Å². The molecule has 0 aromatic carbocycles. The van der Waals surface area contributed by atoms with E-state index >= 15 is 0 Å². The van der Waals surface area contributed by atoms with Crippen molar-refractivity contribution in [3.05, 3.63) is 0 Å². The van der Waals surface area contributed by atoms with Gasteiger partial charge in [0, 0.05) is 19.8 Å². The Bertz CT molecular complexity index is 294. The van der Waals surface area contributed by atoms with Crippen molar-refractivity contribution in [3.8, 4) is 0 Å². The summed E-state index contributed by atoms with van der Waals surface area (Å²) in [6, 6.07) is 0.483. The summed E-state index contributed by atoms with van der Waals surface area (Å²) in [6.45, 7) is 5.25. The summed E-state index contributed by atoms with van der Waals surface area (Å²) in [5.74, 6) is -0.168. The quantitative estimate of drug-likeness (QED) is 0.464. The van der Waals surface area contributed by atoms with Gasteiger partial charge in [-0.15, -0.1) is 0 Å². The minimum atomic E-state index is -0.561. The molecule has 1 rings (SSSR count). The monoisotopic (exact) mass is 287 g/mol. The first-order valence-electron chi connectivity index (χ1n) is 7.48. The zero-order chi connectivity index (χ0) is 15.0. The summed E-state index contributed by atoms with van der Waals surface area (Å²) in [7, 11) is 3.12. The standard InChI is InChI=1S/C15H29NO4/c1-12(11-18-3)20-10-6-5-9-15(2,14(17)19-4)16-13-7-8-13/h12-13,16H,5-11H2,1-4H3. The average Bonchev–Trinajstić information content (AvgIpc) is 3.21. The summed E-state index contributed by atoms with van der Waals surface area (Å²) < 4.78 is 15.6. The van der Waals surface area contributed by atoms with Gasteiger partial charge in [-0.3, -0.25) is 10.1 Å². The number of nitrogens with one attached hydrogen (secondary N) is 1. The van der Waals surface area contributed by atoms with E-state index in [0.29, 0.717) is 19.3 Å². The summed E-state index contributed by atoms with van der Waals surface area (Å²) in [4.78, 5) is 11.9. The van der Waals surface area contributed by atoms with Gasteiger partial charge in [-0.2, -0.15) is 0 Å². The number of rotatable bonds is 11. The van der Waals surface area contributed by atoms with Crippen molar-refractivity contribution >= 4 is 5.97 Å². The molecule has 0 amide bonds. The number of carbonyl (C=O) groups excluding carboxylic acids is 1. The first-order valence-corrected chi connectivity index (χ1v) is 7.48. The van der Waals surface area contributed by atoms with E-state index in [1.807, 2.05) is 13.8 Å². The number of esters is 1. The van der Waals surface area contributed by atoms with Crippen molar-refractivity contribution < 1.29 is 19.0 Å². The first kappa shape index (κ1) is 17.4. The highest BCUT2D eigenvalue weighted by Crippen LogP contribution is 2.26. The first-order chi connectivity index (χ1) is 9.51. The van der Waals surface area contributed by atoms with Crippen LogP contribution in [0.1, 0.15) is 46.0 Å². The van der Waals surface area contributed by atoms with Gasteiger partial charge in [0.2, 0.25) is 0 Å². The lowest BCUT2D eigenvalue weighted by atomic mass is 9.94. The number of methoxy groups -OCH3 is 2. The highest BCUT2D eigenvalue weighted by Gasteiger charge is 2.38. The molecule has 0 bridgehead atoms. The Kier molecular flexibility index (Phi) is 7.48. The van der Waals surface area contributed by atoms with Gasteiger partial charge < -0.3 is 14.2 Å². The minimum absolute atomic E-state index is 0.122. The second-order valence-electron chi connectivity index (χ2n) is 5.84. The van der Waals surface area contributed by atoms with Gasteiger partial charge in [0.25, 0.3) is 0 Å². The highest BCUT2D eigenvalue weighted by molar-refractivity contribution is 5.80. The van der Waals surface area contributed by atoms with Gasteiger partial charge in [0.1, 0.15) is 5.54 Å². The second-order valence-corrected chi connectivity index (χ2v) is 5.84. The molecular weight excluding hydrogens is 258 g/mol. The third kappa shape index (κ3) is 6.20. The van der Waals surface area contributed by atoms with Crippen molar-refractivity contribution in [2.45, 2.75) is 63.6 Å². The SMILES string of the molecule is COCC(C)OCCCCC(C)(NC1CC1)C(=O)OC. The Labute approximate surface area is 122 Å². The maximum atomic E-state index is 11.9. The Morgan fingerprint density at radius 1 is 1.35 bits per heavy atom. The fraction of sp³-hybridized carbons (Fsp3) is 0.933. The largest absolute Gasteiger partial charge is 0.468 e. The molecule has 5 nitrogen and oxygen atoms in total. The normalized spacial score (nSPS) is 19.4. The fourth-order valence-corrected chi connectivity index (χ4v) is 2.28. The topological polar surface area (TPSA) is 56.8 Å². The molecule has 0 aliphatic heterocycles. The summed E-state index contributed by atoms with van der Waals surface area (Å²) in [5.41, 5.74) is -0.561. The molecule has 118 valence electrons. The highest BCUT2D eigenvalue weighted by atomic mass is 16.5. The maximum absolute atomic E-state index is 11.9. The van der Waals surface area contributed by atoms with Crippen LogP contribution in [0.2, 0.25) is 0 Å². The van der Waals surface area contributed by atoms with Crippen molar-refractivity contribution in [2.24, 2.45) is 0 Å². The van der Waals surface area contributed by atoms with Gasteiger partial charge in [-0.05, 0) is 46.0 Å². The van der Waals surface area contributed by atoms with Gasteiger partial charge in [0.05, 0.1) is 19.8 Å². The van der Waals surface area contributed by atoms with E-state index in [-0.39, 0.29) is 12.1 Å². The zero-order valence-electron chi connectivity index (χ0n) is 13.2. The third-order valence-corrected chi connectivity index (χ3v) is 3.61. The third-order valence-electron chi connectivity index (χ3n) is 3.61. The van der Waals surface area contributed by atoms with Gasteiger partial charge >= 0.3 is 5.97 Å². The molecule has 2 atom stereocenters. The van der Waals surface area contributed by atoms with E-state index in [2.05, 4.69) is 5.32 Å². The van der Waals surface area contributed by atoms with E-state index in [1.54, 1.807) is 7.11 Å². The molecule has 0 saturated heterocycles. The van der Waals surface area contributed by atoms with Crippen molar-refractivity contribution in [2.75, 3.05) is 27.4 Å². The summed E-state index contributed by atoms with van der Waals surface area (Å²) in [5, 5.41) is 3.40. The van der Waals surface area contributed by atoms with Crippen LogP contribution in [0.15, 0.2) is 0 Å². The number of hydrogen-bond donors (Lipinski definition) is 1. The molecule has 5 heteroatoms. The fourth-order valence-electron chi connectivity index (χ4n) is 2.28. The van der Waals surface area contributed by atoms with Crippen LogP contribution in [0.3, 0.4) is 0 Å². The van der Waals surface area contributed by atoms with Crippen LogP contribution >= 0.6 is 0 Å². The molecule has 0 radical (unpaired) electrons. The van der Waals surface area contributed by atoms with Crippen molar-refractivity contribution in [1.29, 1.82) is 0 Å². The van der Waals surface area contributed by atoms with Crippen LogP contribution in [0, 0.1) is 0 Å². The molecule has 1 fully saturated rings. The van der Waals surface area contributed by atoms with Crippen molar-refractivity contribution in [1.82, 2.24) is 5.32 Å². The molecule has 1 aliphatic rings. The lowest BCUT2D eigenvalue weighted by molar-refractivity contribution is -0.148. The Hall–Kier alpha value is -0.650. The molecule has 0 spiro atoms.